The van der Waals surface area contributed by atoms with Crippen LogP contribution in [-0.2, 0) is 6.42 Å². The summed E-state index contributed by atoms with van der Waals surface area (Å²) in [6.45, 7) is 0. The van der Waals surface area contributed by atoms with Crippen LogP contribution in [0.15, 0.2) is 18.5 Å². The van der Waals surface area contributed by atoms with Crippen molar-refractivity contribution in [1.29, 1.82) is 0 Å². The van der Waals surface area contributed by atoms with Crippen LogP contribution in [0.5, 0.6) is 0 Å². The zero-order valence-electron chi connectivity index (χ0n) is 5.35. The second-order valence-electron chi connectivity index (χ2n) is 1.91. The predicted octanol–water partition coefficient (Wildman–Crippen LogP) is 2.47. The Hall–Kier alpha value is 0.170. The average molecular weight is 267 g/mol. The van der Waals surface area contributed by atoms with Crippen LogP contribution in [0.1, 0.15) is 5.56 Å². The van der Waals surface area contributed by atoms with E-state index in [0.29, 0.717) is 5.88 Å². The maximum atomic E-state index is 5.58. The standard InChI is InChI=1S/C7H7ClIN/c8-3-1-6-5-10-4-2-7(6)9/h2,4-5H,1,3H2. The predicted molar refractivity (Wildman–Crippen MR) is 51.4 cm³/mol. The molecule has 0 saturated carbocycles. The molecule has 0 saturated heterocycles. The number of aromatic nitrogens is 1. The van der Waals surface area contributed by atoms with E-state index in [2.05, 4.69) is 27.6 Å². The molecule has 1 nitrogen and oxygen atoms in total. The Kier molecular flexibility index (Phi) is 3.42. The molecule has 0 radical (unpaired) electrons. The molecular formula is C7H7ClIN. The van der Waals surface area contributed by atoms with Crippen LogP contribution in [0.3, 0.4) is 0 Å². The molecule has 0 N–H and O–H groups in total. The molecule has 0 aliphatic heterocycles. The fraction of sp³-hybridized carbons (Fsp3) is 0.286. The van der Waals surface area contributed by atoms with Crippen molar-refractivity contribution >= 4 is 34.2 Å². The number of pyridine rings is 1. The maximum Gasteiger partial charge on any atom is 0.0310 e. The van der Waals surface area contributed by atoms with Gasteiger partial charge in [0.25, 0.3) is 0 Å². The summed E-state index contributed by atoms with van der Waals surface area (Å²) in [6.07, 6.45) is 4.57. The van der Waals surface area contributed by atoms with Gasteiger partial charge in [0.15, 0.2) is 0 Å². The summed E-state index contributed by atoms with van der Waals surface area (Å²) in [4.78, 5) is 4.00. The maximum absolute atomic E-state index is 5.58. The Balaban J connectivity index is 2.81. The minimum Gasteiger partial charge on any atom is -0.264 e. The highest BCUT2D eigenvalue weighted by Crippen LogP contribution is 2.10. The molecule has 0 amide bonds. The second kappa shape index (κ2) is 4.13. The lowest BCUT2D eigenvalue weighted by atomic mass is 10.2. The number of rotatable bonds is 2. The van der Waals surface area contributed by atoms with Crippen LogP contribution >= 0.6 is 34.2 Å². The summed E-state index contributed by atoms with van der Waals surface area (Å²) in [5, 5.41) is 0. The Morgan fingerprint density at radius 1 is 1.60 bits per heavy atom. The van der Waals surface area contributed by atoms with Gasteiger partial charge in [-0.2, -0.15) is 0 Å². The zero-order valence-corrected chi connectivity index (χ0v) is 8.26. The monoisotopic (exact) mass is 267 g/mol. The Labute approximate surface area is 78.9 Å². The molecule has 3 heteroatoms. The van der Waals surface area contributed by atoms with Gasteiger partial charge >= 0.3 is 0 Å². The number of hydrogen-bond acceptors (Lipinski definition) is 1. The van der Waals surface area contributed by atoms with E-state index in [4.69, 9.17) is 11.6 Å². The van der Waals surface area contributed by atoms with Gasteiger partial charge in [0.1, 0.15) is 0 Å². The van der Waals surface area contributed by atoms with Crippen molar-refractivity contribution in [2.24, 2.45) is 0 Å². The van der Waals surface area contributed by atoms with E-state index in [9.17, 15) is 0 Å². The number of nitrogens with zero attached hydrogens (tertiary/aromatic N) is 1. The zero-order chi connectivity index (χ0) is 7.40. The smallest absolute Gasteiger partial charge is 0.0310 e. The van der Waals surface area contributed by atoms with E-state index >= 15 is 0 Å². The van der Waals surface area contributed by atoms with Crippen molar-refractivity contribution < 1.29 is 0 Å². The van der Waals surface area contributed by atoms with Gasteiger partial charge in [-0.1, -0.05) is 0 Å². The van der Waals surface area contributed by atoms with Gasteiger partial charge in [0.2, 0.25) is 0 Å². The molecule has 0 bridgehead atoms. The average Bonchev–Trinajstić information content (AvgIpc) is 1.94. The Bertz CT molecular complexity index is 215. The fourth-order valence-electron chi connectivity index (χ4n) is 0.696. The second-order valence-corrected chi connectivity index (χ2v) is 3.45. The lowest BCUT2D eigenvalue weighted by Crippen LogP contribution is -1.90. The minimum absolute atomic E-state index is 0.668. The van der Waals surface area contributed by atoms with Crippen LogP contribution in [0, 0.1) is 3.57 Å². The summed E-state index contributed by atoms with van der Waals surface area (Å²) in [5.41, 5.74) is 1.23. The van der Waals surface area contributed by atoms with Gasteiger partial charge in [-0.3, -0.25) is 4.98 Å². The Morgan fingerprint density at radius 2 is 2.40 bits per heavy atom. The molecule has 1 aromatic rings. The highest BCUT2D eigenvalue weighted by atomic mass is 127. The van der Waals surface area contributed by atoms with Crippen molar-refractivity contribution in [2.45, 2.75) is 6.42 Å². The Morgan fingerprint density at radius 3 is 3.00 bits per heavy atom. The van der Waals surface area contributed by atoms with E-state index in [1.165, 1.54) is 9.13 Å². The molecule has 0 unspecified atom stereocenters. The highest BCUT2D eigenvalue weighted by Gasteiger charge is 1.95. The molecule has 0 spiro atoms. The van der Waals surface area contributed by atoms with Gasteiger partial charge in [0.05, 0.1) is 0 Å². The molecule has 1 rings (SSSR count). The van der Waals surface area contributed by atoms with Crippen LogP contribution in [-0.4, -0.2) is 10.9 Å². The summed E-state index contributed by atoms with van der Waals surface area (Å²) in [6, 6.07) is 1.99. The number of aryl methyl sites for hydroxylation is 1. The lowest BCUT2D eigenvalue weighted by Gasteiger charge is -1.98. The number of halogens is 2. The SMILES string of the molecule is ClCCc1cnccc1I. The topological polar surface area (TPSA) is 12.9 Å². The van der Waals surface area contributed by atoms with E-state index in [1.807, 2.05) is 12.3 Å². The van der Waals surface area contributed by atoms with E-state index in [0.717, 1.165) is 6.42 Å². The first-order valence-electron chi connectivity index (χ1n) is 2.99. The third-order valence-corrected chi connectivity index (χ3v) is 2.45. The van der Waals surface area contributed by atoms with Gasteiger partial charge in [0, 0.05) is 21.8 Å². The molecule has 1 aromatic heterocycles. The lowest BCUT2D eigenvalue weighted by molar-refractivity contribution is 1.10. The summed E-state index contributed by atoms with van der Waals surface area (Å²) < 4.78 is 1.24. The molecule has 0 aliphatic rings. The van der Waals surface area contributed by atoms with Crippen molar-refractivity contribution in [2.75, 3.05) is 5.88 Å². The summed E-state index contributed by atoms with van der Waals surface area (Å²) in [7, 11) is 0. The van der Waals surface area contributed by atoms with Crippen molar-refractivity contribution in [3.8, 4) is 0 Å². The largest absolute Gasteiger partial charge is 0.264 e. The first kappa shape index (κ1) is 8.27. The first-order chi connectivity index (χ1) is 4.84. The van der Waals surface area contributed by atoms with E-state index in [1.54, 1.807) is 6.20 Å². The number of hydrogen-bond donors (Lipinski definition) is 0. The van der Waals surface area contributed by atoms with Crippen molar-refractivity contribution in [3.63, 3.8) is 0 Å². The van der Waals surface area contributed by atoms with Crippen LogP contribution in [0.2, 0.25) is 0 Å². The highest BCUT2D eigenvalue weighted by molar-refractivity contribution is 14.1. The van der Waals surface area contributed by atoms with Crippen molar-refractivity contribution in [1.82, 2.24) is 4.98 Å². The fourth-order valence-corrected chi connectivity index (χ4v) is 1.47. The van der Waals surface area contributed by atoms with Crippen LogP contribution in [0.25, 0.3) is 0 Å². The van der Waals surface area contributed by atoms with Crippen LogP contribution in [0.4, 0.5) is 0 Å². The first-order valence-corrected chi connectivity index (χ1v) is 4.60. The van der Waals surface area contributed by atoms with Gasteiger partial charge in [-0.05, 0) is 40.6 Å². The summed E-state index contributed by atoms with van der Waals surface area (Å²) in [5.74, 6) is 0.668. The van der Waals surface area contributed by atoms with E-state index < -0.39 is 0 Å². The molecule has 10 heavy (non-hydrogen) atoms. The molecular weight excluding hydrogens is 260 g/mol. The van der Waals surface area contributed by atoms with Gasteiger partial charge in [-0.15, -0.1) is 11.6 Å². The molecule has 0 aliphatic carbocycles. The molecule has 1 heterocycles. The van der Waals surface area contributed by atoms with Crippen LogP contribution < -0.4 is 0 Å². The molecule has 0 atom stereocenters. The van der Waals surface area contributed by atoms with Crippen molar-refractivity contribution in [3.05, 3.63) is 27.6 Å². The summed E-state index contributed by atoms with van der Waals surface area (Å²) >= 11 is 7.86. The normalized spacial score (nSPS) is 9.80. The third kappa shape index (κ3) is 2.09. The van der Waals surface area contributed by atoms with E-state index in [-0.39, 0.29) is 0 Å². The molecule has 0 fully saturated rings. The van der Waals surface area contributed by atoms with Gasteiger partial charge in [-0.25, -0.2) is 0 Å². The third-order valence-electron chi connectivity index (χ3n) is 1.21. The number of alkyl halides is 1. The molecule has 54 valence electrons. The van der Waals surface area contributed by atoms with Gasteiger partial charge < -0.3 is 0 Å². The minimum atomic E-state index is 0.668. The quantitative estimate of drug-likeness (QED) is 0.592. The molecule has 0 aromatic carbocycles.